The molecule has 3 rings (SSSR count). The van der Waals surface area contributed by atoms with Crippen LogP contribution in [0, 0.1) is 5.41 Å². The smallest absolute Gasteiger partial charge is 0.164 e. The van der Waals surface area contributed by atoms with Crippen LogP contribution >= 0.6 is 0 Å². The van der Waals surface area contributed by atoms with Gasteiger partial charge in [-0.15, -0.1) is 0 Å². The van der Waals surface area contributed by atoms with Crippen LogP contribution in [0.15, 0.2) is 42.5 Å². The van der Waals surface area contributed by atoms with Gasteiger partial charge in [-0.3, -0.25) is 4.79 Å². The topological polar surface area (TPSA) is 43.1 Å². The summed E-state index contributed by atoms with van der Waals surface area (Å²) in [6.45, 7) is 0.628. The summed E-state index contributed by atoms with van der Waals surface area (Å²) in [7, 11) is 0. The molecule has 2 aromatic rings. The largest absolute Gasteiger partial charge is 0.330 e. The Morgan fingerprint density at radius 2 is 1.84 bits per heavy atom. The van der Waals surface area contributed by atoms with Crippen LogP contribution in [-0.4, -0.2) is 12.3 Å². The van der Waals surface area contributed by atoms with Gasteiger partial charge >= 0.3 is 0 Å². The third-order valence-electron chi connectivity index (χ3n) is 4.47. The van der Waals surface area contributed by atoms with Crippen molar-refractivity contribution >= 4 is 16.6 Å². The number of nitrogens with two attached hydrogens (primary N) is 1. The van der Waals surface area contributed by atoms with Gasteiger partial charge in [0, 0.05) is 12.0 Å². The second kappa shape index (κ2) is 4.78. The maximum Gasteiger partial charge on any atom is 0.164 e. The lowest BCUT2D eigenvalue weighted by molar-refractivity contribution is 0.0787. The van der Waals surface area contributed by atoms with Gasteiger partial charge < -0.3 is 5.73 Å². The number of Topliss-reactive ketones (excluding diaryl/α,β-unsaturated/α-hetero) is 1. The van der Waals surface area contributed by atoms with Crippen molar-refractivity contribution < 1.29 is 4.79 Å². The Labute approximate surface area is 113 Å². The molecule has 0 saturated heterocycles. The predicted molar refractivity (Wildman–Crippen MR) is 78.2 cm³/mol. The van der Waals surface area contributed by atoms with E-state index in [2.05, 4.69) is 0 Å². The molecular weight excluding hydrogens is 234 g/mol. The van der Waals surface area contributed by atoms with E-state index in [0.717, 1.165) is 29.2 Å². The highest BCUT2D eigenvalue weighted by molar-refractivity contribution is 6.08. The zero-order valence-electron chi connectivity index (χ0n) is 11.1. The third-order valence-corrected chi connectivity index (χ3v) is 4.47. The molecule has 0 bridgehead atoms. The lowest BCUT2D eigenvalue weighted by Crippen LogP contribution is -2.39. The Morgan fingerprint density at radius 1 is 1.11 bits per heavy atom. The number of carbonyl (C=O) groups excluding carboxylic acids is 1. The van der Waals surface area contributed by atoms with E-state index in [1.54, 1.807) is 0 Å². The standard InChI is InChI=1S/C17H19NO/c18-12-17(9-4-10-17)11-16(19)15-8-3-6-13-5-1-2-7-14(13)15/h1-3,5-8H,4,9-12,18H2. The highest BCUT2D eigenvalue weighted by Gasteiger charge is 2.37. The van der Waals surface area contributed by atoms with Gasteiger partial charge in [0.15, 0.2) is 5.78 Å². The lowest BCUT2D eigenvalue weighted by atomic mass is 9.65. The Bertz CT molecular complexity index is 603. The molecule has 1 saturated carbocycles. The fraction of sp³-hybridized carbons (Fsp3) is 0.353. The van der Waals surface area contributed by atoms with E-state index in [9.17, 15) is 4.79 Å². The van der Waals surface area contributed by atoms with Crippen molar-refractivity contribution in [2.45, 2.75) is 25.7 Å². The van der Waals surface area contributed by atoms with Crippen LogP contribution in [0.1, 0.15) is 36.0 Å². The minimum Gasteiger partial charge on any atom is -0.330 e. The number of carbonyl (C=O) groups is 1. The zero-order valence-corrected chi connectivity index (χ0v) is 11.1. The molecule has 2 N–H and O–H groups in total. The molecule has 19 heavy (non-hydrogen) atoms. The molecule has 0 amide bonds. The highest BCUT2D eigenvalue weighted by Crippen LogP contribution is 2.43. The monoisotopic (exact) mass is 253 g/mol. The molecule has 98 valence electrons. The number of fused-ring (bicyclic) bond motifs is 1. The fourth-order valence-corrected chi connectivity index (χ4v) is 3.03. The fourth-order valence-electron chi connectivity index (χ4n) is 3.03. The van der Waals surface area contributed by atoms with Gasteiger partial charge in [0.2, 0.25) is 0 Å². The van der Waals surface area contributed by atoms with Crippen molar-refractivity contribution in [3.05, 3.63) is 48.0 Å². The van der Waals surface area contributed by atoms with Crippen molar-refractivity contribution in [3.63, 3.8) is 0 Å². The van der Waals surface area contributed by atoms with Crippen LogP contribution in [0.4, 0.5) is 0 Å². The predicted octanol–water partition coefficient (Wildman–Crippen LogP) is 3.54. The average Bonchev–Trinajstić information content (AvgIpc) is 2.42. The molecule has 0 aromatic heterocycles. The Balaban J connectivity index is 1.93. The van der Waals surface area contributed by atoms with Gasteiger partial charge in [0.1, 0.15) is 0 Å². The summed E-state index contributed by atoms with van der Waals surface area (Å²) in [5, 5.41) is 2.19. The van der Waals surface area contributed by atoms with Crippen molar-refractivity contribution in [2.24, 2.45) is 11.1 Å². The lowest BCUT2D eigenvalue weighted by Gasteiger charge is -2.40. The van der Waals surface area contributed by atoms with E-state index >= 15 is 0 Å². The third kappa shape index (κ3) is 2.17. The van der Waals surface area contributed by atoms with Gasteiger partial charge in [-0.1, -0.05) is 48.9 Å². The molecule has 0 spiro atoms. The number of hydrogen-bond donors (Lipinski definition) is 1. The first-order valence-corrected chi connectivity index (χ1v) is 6.95. The average molecular weight is 253 g/mol. The first-order chi connectivity index (χ1) is 9.24. The van der Waals surface area contributed by atoms with Crippen molar-refractivity contribution in [1.82, 2.24) is 0 Å². The van der Waals surface area contributed by atoms with Crippen LogP contribution in [0.3, 0.4) is 0 Å². The van der Waals surface area contributed by atoms with Crippen molar-refractivity contribution in [1.29, 1.82) is 0 Å². The molecule has 0 unspecified atom stereocenters. The maximum atomic E-state index is 12.6. The summed E-state index contributed by atoms with van der Waals surface area (Å²) in [4.78, 5) is 12.6. The van der Waals surface area contributed by atoms with Crippen LogP contribution < -0.4 is 5.73 Å². The molecular formula is C17H19NO. The molecule has 1 fully saturated rings. The summed E-state index contributed by atoms with van der Waals surface area (Å²) in [6.07, 6.45) is 4.00. The summed E-state index contributed by atoms with van der Waals surface area (Å²) in [6, 6.07) is 14.0. The number of benzene rings is 2. The minimum atomic E-state index is 0.0774. The second-order valence-electron chi connectivity index (χ2n) is 5.68. The quantitative estimate of drug-likeness (QED) is 0.847. The van der Waals surface area contributed by atoms with Gasteiger partial charge in [-0.2, -0.15) is 0 Å². The summed E-state index contributed by atoms with van der Waals surface area (Å²) < 4.78 is 0. The maximum absolute atomic E-state index is 12.6. The first kappa shape index (κ1) is 12.4. The van der Waals surface area contributed by atoms with Crippen LogP contribution in [-0.2, 0) is 0 Å². The van der Waals surface area contributed by atoms with E-state index in [1.165, 1.54) is 6.42 Å². The van der Waals surface area contributed by atoms with Crippen LogP contribution in [0.25, 0.3) is 10.8 Å². The zero-order chi connectivity index (χ0) is 13.3. The van der Waals surface area contributed by atoms with E-state index in [-0.39, 0.29) is 11.2 Å². The number of hydrogen-bond acceptors (Lipinski definition) is 2. The molecule has 0 aliphatic heterocycles. The Hall–Kier alpha value is -1.67. The van der Waals surface area contributed by atoms with Crippen molar-refractivity contribution in [3.8, 4) is 0 Å². The molecule has 0 heterocycles. The van der Waals surface area contributed by atoms with E-state index in [1.807, 2.05) is 42.5 Å². The summed E-state index contributed by atoms with van der Waals surface area (Å²) >= 11 is 0. The molecule has 2 nitrogen and oxygen atoms in total. The normalized spacial score (nSPS) is 17.1. The second-order valence-corrected chi connectivity index (χ2v) is 5.68. The van der Waals surface area contributed by atoms with Crippen LogP contribution in [0.5, 0.6) is 0 Å². The first-order valence-electron chi connectivity index (χ1n) is 6.95. The van der Waals surface area contributed by atoms with Gasteiger partial charge in [0.25, 0.3) is 0 Å². The molecule has 1 aliphatic rings. The van der Waals surface area contributed by atoms with Crippen molar-refractivity contribution in [2.75, 3.05) is 6.54 Å². The van der Waals surface area contributed by atoms with Gasteiger partial charge in [-0.25, -0.2) is 0 Å². The number of rotatable bonds is 4. The molecule has 2 aromatic carbocycles. The molecule has 1 aliphatic carbocycles. The summed E-state index contributed by atoms with van der Waals surface area (Å²) in [5.41, 5.74) is 6.78. The Morgan fingerprint density at radius 3 is 2.53 bits per heavy atom. The van der Waals surface area contributed by atoms with Crippen LogP contribution in [0.2, 0.25) is 0 Å². The molecule has 0 radical (unpaired) electrons. The van der Waals surface area contributed by atoms with Gasteiger partial charge in [-0.05, 0) is 35.6 Å². The Kier molecular flexibility index (Phi) is 3.11. The summed E-state index contributed by atoms with van der Waals surface area (Å²) in [5.74, 6) is 0.238. The molecule has 2 heteroatoms. The van der Waals surface area contributed by atoms with E-state index < -0.39 is 0 Å². The number of ketones is 1. The van der Waals surface area contributed by atoms with E-state index in [4.69, 9.17) is 5.73 Å². The van der Waals surface area contributed by atoms with E-state index in [0.29, 0.717) is 13.0 Å². The molecule has 0 atom stereocenters. The highest BCUT2D eigenvalue weighted by atomic mass is 16.1. The minimum absolute atomic E-state index is 0.0774. The SMILES string of the molecule is NCC1(CC(=O)c2cccc3ccccc23)CCC1. The van der Waals surface area contributed by atoms with Gasteiger partial charge in [0.05, 0.1) is 0 Å².